The normalized spacial score (nSPS) is 15.0. The molecule has 7 nitrogen and oxygen atoms in total. The van der Waals surface area contributed by atoms with Crippen molar-refractivity contribution in [1.29, 1.82) is 5.41 Å². The first-order valence-electron chi connectivity index (χ1n) is 9.73. The molecule has 0 unspecified atom stereocenters. The molecule has 0 aliphatic heterocycles. The molecule has 1 aliphatic carbocycles. The number of aromatic nitrogens is 4. The molecule has 0 bridgehead atoms. The number of carbonyl (C=O) groups is 1. The molecule has 1 saturated carbocycles. The Morgan fingerprint density at radius 2 is 2.03 bits per heavy atom. The number of hydrogen-bond acceptors (Lipinski definition) is 5. The first-order valence-corrected chi connectivity index (χ1v) is 11.5. The van der Waals surface area contributed by atoms with Gasteiger partial charge in [0.2, 0.25) is 5.91 Å². The summed E-state index contributed by atoms with van der Waals surface area (Å²) in [5.74, 6) is 0.268. The largest absolute Gasteiger partial charge is 0.353 e. The Hall–Kier alpha value is -2.13. The van der Waals surface area contributed by atoms with Gasteiger partial charge in [0.25, 0.3) is 0 Å². The number of hydrogen-bond donors (Lipinski definition) is 3. The second kappa shape index (κ2) is 8.71. The predicted molar refractivity (Wildman–Crippen MR) is 117 cm³/mol. The van der Waals surface area contributed by atoms with Crippen molar-refractivity contribution in [2.45, 2.75) is 50.2 Å². The molecular weight excluding hydrogens is 452 g/mol. The van der Waals surface area contributed by atoms with Crippen LogP contribution in [0.2, 0.25) is 0 Å². The standard InChI is InChI=1S/C20H23BrN6OS/c1-12-17-18(22)27(15-9-7-13(21)8-10-15)20(24-19(17)26-25-12)29-11-16(28)23-14-5-3-2-4-6-14/h7-10,14,22H,2-6,11H2,1H3,(H,23,28)(H,25,26). The third-order valence-corrected chi connectivity index (χ3v) is 6.64. The molecule has 0 spiro atoms. The minimum absolute atomic E-state index is 0.0101. The van der Waals surface area contributed by atoms with E-state index >= 15 is 0 Å². The van der Waals surface area contributed by atoms with Crippen LogP contribution in [0.1, 0.15) is 37.8 Å². The van der Waals surface area contributed by atoms with E-state index in [4.69, 9.17) is 5.41 Å². The van der Waals surface area contributed by atoms with Gasteiger partial charge in [-0.3, -0.25) is 19.9 Å². The van der Waals surface area contributed by atoms with E-state index < -0.39 is 0 Å². The number of halogens is 1. The molecule has 1 aliphatic rings. The number of H-pyrrole nitrogens is 1. The number of aromatic amines is 1. The second-order valence-electron chi connectivity index (χ2n) is 7.29. The minimum atomic E-state index is 0.0101. The Bertz CT molecular complexity index is 1080. The van der Waals surface area contributed by atoms with Crippen molar-refractivity contribution in [3.8, 4) is 5.69 Å². The highest BCUT2D eigenvalue weighted by Gasteiger charge is 2.18. The van der Waals surface area contributed by atoms with Gasteiger partial charge >= 0.3 is 0 Å². The van der Waals surface area contributed by atoms with Crippen LogP contribution in [0.4, 0.5) is 0 Å². The molecular formula is C20H23BrN6OS. The van der Waals surface area contributed by atoms with Crippen molar-refractivity contribution < 1.29 is 4.79 Å². The predicted octanol–water partition coefficient (Wildman–Crippen LogP) is 3.84. The lowest BCUT2D eigenvalue weighted by molar-refractivity contribution is -0.119. The van der Waals surface area contributed by atoms with Crippen molar-refractivity contribution in [2.24, 2.45) is 0 Å². The number of fused-ring (bicyclic) bond motifs is 1. The molecule has 0 radical (unpaired) electrons. The van der Waals surface area contributed by atoms with Crippen molar-refractivity contribution in [3.63, 3.8) is 0 Å². The van der Waals surface area contributed by atoms with Gasteiger partial charge in [-0.2, -0.15) is 5.10 Å². The Balaban J connectivity index is 1.63. The van der Waals surface area contributed by atoms with Crippen molar-refractivity contribution in [1.82, 2.24) is 25.1 Å². The Morgan fingerprint density at radius 3 is 2.76 bits per heavy atom. The summed E-state index contributed by atoms with van der Waals surface area (Å²) in [6, 6.07) is 8.00. The van der Waals surface area contributed by atoms with Gasteiger partial charge in [0.05, 0.1) is 11.1 Å². The average Bonchev–Trinajstić information content (AvgIpc) is 3.09. The monoisotopic (exact) mass is 474 g/mol. The van der Waals surface area contributed by atoms with Gasteiger partial charge in [0.15, 0.2) is 10.8 Å². The molecule has 0 atom stereocenters. The molecule has 4 rings (SSSR count). The number of nitrogens with zero attached hydrogens (tertiary/aromatic N) is 3. The van der Waals surface area contributed by atoms with E-state index in [1.54, 1.807) is 4.57 Å². The van der Waals surface area contributed by atoms with Gasteiger partial charge < -0.3 is 5.32 Å². The number of thioether (sulfide) groups is 1. The van der Waals surface area contributed by atoms with E-state index in [1.807, 2.05) is 31.2 Å². The number of benzene rings is 1. The molecule has 152 valence electrons. The van der Waals surface area contributed by atoms with Crippen LogP contribution >= 0.6 is 27.7 Å². The zero-order valence-corrected chi connectivity index (χ0v) is 18.6. The first kappa shape index (κ1) is 20.2. The topological polar surface area (TPSA) is 99.4 Å². The maximum atomic E-state index is 12.5. The van der Waals surface area contributed by atoms with Crippen molar-refractivity contribution in [3.05, 3.63) is 39.9 Å². The van der Waals surface area contributed by atoms with Gasteiger partial charge in [0, 0.05) is 21.9 Å². The lowest BCUT2D eigenvalue weighted by atomic mass is 9.95. The maximum Gasteiger partial charge on any atom is 0.230 e. The second-order valence-corrected chi connectivity index (χ2v) is 9.15. The van der Waals surface area contributed by atoms with E-state index in [1.165, 1.54) is 31.0 Å². The average molecular weight is 475 g/mol. The molecule has 9 heteroatoms. The SMILES string of the molecule is Cc1[nH]nc2nc(SCC(=O)NC3CCCCC3)n(-c3ccc(Br)cc3)c(=N)c12. The third-order valence-electron chi connectivity index (χ3n) is 5.17. The van der Waals surface area contributed by atoms with Gasteiger partial charge in [-0.1, -0.05) is 47.0 Å². The summed E-state index contributed by atoms with van der Waals surface area (Å²) < 4.78 is 2.73. The molecule has 3 aromatic rings. The Kier molecular flexibility index (Phi) is 6.05. The molecule has 2 aromatic heterocycles. The quantitative estimate of drug-likeness (QED) is 0.386. The summed E-state index contributed by atoms with van der Waals surface area (Å²) >= 11 is 4.79. The van der Waals surface area contributed by atoms with Gasteiger partial charge in [0.1, 0.15) is 5.49 Å². The van der Waals surface area contributed by atoms with Crippen molar-refractivity contribution >= 4 is 44.6 Å². The van der Waals surface area contributed by atoms with Gasteiger partial charge in [-0.25, -0.2) is 4.98 Å². The summed E-state index contributed by atoms with van der Waals surface area (Å²) in [6.45, 7) is 1.88. The van der Waals surface area contributed by atoms with Crippen LogP contribution < -0.4 is 10.8 Å². The number of aryl methyl sites for hydroxylation is 1. The fraction of sp³-hybridized carbons (Fsp3) is 0.400. The van der Waals surface area contributed by atoms with E-state index in [9.17, 15) is 4.79 Å². The van der Waals surface area contributed by atoms with E-state index in [-0.39, 0.29) is 17.7 Å². The van der Waals surface area contributed by atoms with E-state index in [0.29, 0.717) is 21.7 Å². The summed E-state index contributed by atoms with van der Waals surface area (Å²) in [5, 5.41) is 20.3. The van der Waals surface area contributed by atoms with Crippen LogP contribution in [0.5, 0.6) is 0 Å². The summed E-state index contributed by atoms with van der Waals surface area (Å²) in [7, 11) is 0. The van der Waals surface area contributed by atoms with Crippen LogP contribution in [-0.4, -0.2) is 37.5 Å². The van der Waals surface area contributed by atoms with Gasteiger partial charge in [-0.15, -0.1) is 0 Å². The lowest BCUT2D eigenvalue weighted by Crippen LogP contribution is -2.37. The van der Waals surface area contributed by atoms with Crippen LogP contribution in [0.15, 0.2) is 33.9 Å². The highest BCUT2D eigenvalue weighted by atomic mass is 79.9. The molecule has 1 amide bonds. The minimum Gasteiger partial charge on any atom is -0.353 e. The summed E-state index contributed by atoms with van der Waals surface area (Å²) in [4.78, 5) is 17.1. The fourth-order valence-electron chi connectivity index (χ4n) is 3.70. The smallest absolute Gasteiger partial charge is 0.230 e. The van der Waals surface area contributed by atoms with E-state index in [0.717, 1.165) is 28.7 Å². The number of carbonyl (C=O) groups excluding carboxylic acids is 1. The highest BCUT2D eigenvalue weighted by molar-refractivity contribution is 9.10. The number of amides is 1. The summed E-state index contributed by atoms with van der Waals surface area (Å²) in [5.41, 5.74) is 2.42. The number of rotatable bonds is 5. The maximum absolute atomic E-state index is 12.5. The third kappa shape index (κ3) is 4.40. The highest BCUT2D eigenvalue weighted by Crippen LogP contribution is 2.23. The van der Waals surface area contributed by atoms with Crippen molar-refractivity contribution in [2.75, 3.05) is 5.75 Å². The van der Waals surface area contributed by atoms with Gasteiger partial charge in [-0.05, 0) is 44.0 Å². The molecule has 0 saturated heterocycles. The molecule has 3 N–H and O–H groups in total. The van der Waals surface area contributed by atoms with Crippen LogP contribution in [0.3, 0.4) is 0 Å². The van der Waals surface area contributed by atoms with Crippen LogP contribution in [0.25, 0.3) is 16.7 Å². The number of nitrogens with one attached hydrogen (secondary N) is 3. The zero-order valence-electron chi connectivity index (χ0n) is 16.2. The van der Waals surface area contributed by atoms with Crippen LogP contribution in [0, 0.1) is 12.3 Å². The van der Waals surface area contributed by atoms with Crippen LogP contribution in [-0.2, 0) is 4.79 Å². The molecule has 1 aromatic carbocycles. The molecule has 2 heterocycles. The summed E-state index contributed by atoms with van der Waals surface area (Å²) in [6.07, 6.45) is 5.74. The zero-order chi connectivity index (χ0) is 20.4. The molecule has 29 heavy (non-hydrogen) atoms. The molecule has 1 fully saturated rings. The van der Waals surface area contributed by atoms with E-state index in [2.05, 4.69) is 36.4 Å². The Labute approximate surface area is 181 Å². The Morgan fingerprint density at radius 1 is 1.31 bits per heavy atom. The lowest BCUT2D eigenvalue weighted by Gasteiger charge is -2.22. The first-order chi connectivity index (χ1) is 14.0. The fourth-order valence-corrected chi connectivity index (χ4v) is 4.79.